The van der Waals surface area contributed by atoms with Crippen LogP contribution < -0.4 is 0 Å². The number of hydrogen-bond donors (Lipinski definition) is 1. The van der Waals surface area contributed by atoms with E-state index in [0.717, 1.165) is 39.2 Å². The molecule has 2 heterocycles. The maximum absolute atomic E-state index is 11.1. The molecule has 0 spiro atoms. The minimum Gasteiger partial charge on any atom is -0.478 e. The smallest absolute Gasteiger partial charge is 0.328 e. The van der Waals surface area contributed by atoms with Crippen LogP contribution in [0, 0.1) is 0 Å². The van der Waals surface area contributed by atoms with Crippen LogP contribution in [0.15, 0.2) is 72.1 Å². The molecule has 2 aromatic carbocycles. The summed E-state index contributed by atoms with van der Waals surface area (Å²) in [6.07, 6.45) is 2.77. The van der Waals surface area contributed by atoms with Crippen molar-refractivity contribution in [3.8, 4) is 22.5 Å². The lowest BCUT2D eigenvalue weighted by Gasteiger charge is -2.04. The summed E-state index contributed by atoms with van der Waals surface area (Å²) >= 11 is 1.54. The first-order valence-corrected chi connectivity index (χ1v) is 8.64. The highest BCUT2D eigenvalue weighted by molar-refractivity contribution is 7.15. The van der Waals surface area contributed by atoms with Crippen molar-refractivity contribution in [3.63, 3.8) is 0 Å². The number of carboxylic acid groups (broad SMARTS) is 1. The van der Waals surface area contributed by atoms with Gasteiger partial charge in [0.1, 0.15) is 0 Å². The highest BCUT2D eigenvalue weighted by atomic mass is 32.1. The van der Waals surface area contributed by atoms with Crippen LogP contribution in [-0.2, 0) is 4.79 Å². The minimum atomic E-state index is -0.981. The van der Waals surface area contributed by atoms with Crippen molar-refractivity contribution in [1.29, 1.82) is 0 Å². The molecule has 4 aromatic rings. The fourth-order valence-electron chi connectivity index (χ4n) is 2.80. The molecule has 122 valence electrons. The maximum atomic E-state index is 11.1. The van der Waals surface area contributed by atoms with Gasteiger partial charge in [-0.2, -0.15) is 0 Å². The van der Waals surface area contributed by atoms with Gasteiger partial charge in [0.15, 0.2) is 4.96 Å². The topological polar surface area (TPSA) is 54.6 Å². The number of hydrogen-bond acceptors (Lipinski definition) is 3. The molecule has 0 atom stereocenters. The highest BCUT2D eigenvalue weighted by Crippen LogP contribution is 2.33. The number of imidazole rings is 1. The third-order valence-corrected chi connectivity index (χ3v) is 4.73. The predicted molar refractivity (Wildman–Crippen MR) is 101 cm³/mol. The lowest BCUT2D eigenvalue weighted by atomic mass is 10.1. The average Bonchev–Trinajstić information content (AvgIpc) is 3.21. The molecule has 0 aliphatic heterocycles. The van der Waals surface area contributed by atoms with Gasteiger partial charge in [0.2, 0.25) is 0 Å². The standard InChI is InChI=1S/C20H14N2O2S/c23-18(24)12-11-16-19(15-9-5-2-6-10-15)21-20-22(16)17(13-25-20)14-7-3-1-4-8-14/h1-13H,(H,23,24)/b12-11+. The number of carbonyl (C=O) groups is 1. The zero-order valence-electron chi connectivity index (χ0n) is 13.2. The number of fused-ring (bicyclic) bond motifs is 1. The molecule has 0 unspecified atom stereocenters. The van der Waals surface area contributed by atoms with Crippen LogP contribution >= 0.6 is 11.3 Å². The minimum absolute atomic E-state index is 0.767. The molecule has 0 aliphatic carbocycles. The molecule has 4 rings (SSSR count). The molecular weight excluding hydrogens is 332 g/mol. The third kappa shape index (κ3) is 2.86. The second-order valence-corrected chi connectivity index (χ2v) is 6.32. The van der Waals surface area contributed by atoms with Crippen molar-refractivity contribution in [2.45, 2.75) is 0 Å². The van der Waals surface area contributed by atoms with Crippen LogP contribution in [0.4, 0.5) is 0 Å². The maximum Gasteiger partial charge on any atom is 0.328 e. The molecule has 2 aromatic heterocycles. The molecule has 25 heavy (non-hydrogen) atoms. The van der Waals surface area contributed by atoms with E-state index in [0.29, 0.717) is 0 Å². The molecule has 0 aliphatic rings. The zero-order chi connectivity index (χ0) is 17.2. The predicted octanol–water partition coefficient (Wildman–Crippen LogP) is 4.83. The molecule has 0 amide bonds. The van der Waals surface area contributed by atoms with Crippen molar-refractivity contribution in [2.24, 2.45) is 0 Å². The summed E-state index contributed by atoms with van der Waals surface area (Å²) < 4.78 is 2.02. The largest absolute Gasteiger partial charge is 0.478 e. The first-order chi connectivity index (χ1) is 12.2. The monoisotopic (exact) mass is 346 g/mol. The van der Waals surface area contributed by atoms with Crippen molar-refractivity contribution in [2.75, 3.05) is 0 Å². The Morgan fingerprint density at radius 2 is 1.64 bits per heavy atom. The van der Waals surface area contributed by atoms with Gasteiger partial charge in [0.05, 0.1) is 17.1 Å². The summed E-state index contributed by atoms with van der Waals surface area (Å²) in [7, 11) is 0. The number of rotatable bonds is 4. The Bertz CT molecular complexity index is 1060. The van der Waals surface area contributed by atoms with Crippen LogP contribution in [0.1, 0.15) is 5.69 Å². The number of aromatic nitrogens is 2. The molecule has 5 heteroatoms. The van der Waals surface area contributed by atoms with Gasteiger partial charge in [-0.25, -0.2) is 9.78 Å². The van der Waals surface area contributed by atoms with Gasteiger partial charge in [-0.3, -0.25) is 4.40 Å². The van der Waals surface area contributed by atoms with Crippen LogP contribution in [0.2, 0.25) is 0 Å². The van der Waals surface area contributed by atoms with Crippen LogP contribution in [0.25, 0.3) is 33.6 Å². The second kappa shape index (κ2) is 6.37. The number of thiazole rings is 1. The lowest BCUT2D eigenvalue weighted by molar-refractivity contribution is -0.131. The fraction of sp³-hybridized carbons (Fsp3) is 0. The Balaban J connectivity index is 1.99. The van der Waals surface area contributed by atoms with Gasteiger partial charge in [0, 0.05) is 17.0 Å². The Hall–Kier alpha value is -3.18. The third-order valence-electron chi connectivity index (χ3n) is 3.90. The Labute approximate surface area is 148 Å². The van der Waals surface area contributed by atoms with Gasteiger partial charge in [0.25, 0.3) is 0 Å². The highest BCUT2D eigenvalue weighted by Gasteiger charge is 2.17. The molecule has 0 fully saturated rings. The molecule has 0 saturated heterocycles. The molecule has 0 saturated carbocycles. The summed E-state index contributed by atoms with van der Waals surface area (Å²) in [5.74, 6) is -0.981. The molecular formula is C20H14N2O2S. The first-order valence-electron chi connectivity index (χ1n) is 7.76. The van der Waals surface area contributed by atoms with Gasteiger partial charge in [-0.1, -0.05) is 60.7 Å². The number of carboxylic acids is 1. The first kappa shape index (κ1) is 15.4. The van der Waals surface area contributed by atoms with Gasteiger partial charge >= 0.3 is 5.97 Å². The summed E-state index contributed by atoms with van der Waals surface area (Å²) in [6, 6.07) is 19.8. The number of nitrogens with zero attached hydrogens (tertiary/aromatic N) is 2. The van der Waals surface area contributed by atoms with Crippen molar-refractivity contribution >= 4 is 28.3 Å². The van der Waals surface area contributed by atoms with Crippen molar-refractivity contribution < 1.29 is 9.90 Å². The summed E-state index contributed by atoms with van der Waals surface area (Å²) in [5.41, 5.74) is 4.57. The quantitative estimate of drug-likeness (QED) is 0.539. The van der Waals surface area contributed by atoms with E-state index in [4.69, 9.17) is 10.1 Å². The van der Waals surface area contributed by atoms with E-state index < -0.39 is 5.97 Å². The second-order valence-electron chi connectivity index (χ2n) is 5.49. The Morgan fingerprint density at radius 1 is 1.00 bits per heavy atom. The van der Waals surface area contributed by atoms with E-state index in [-0.39, 0.29) is 0 Å². The van der Waals surface area contributed by atoms with E-state index in [1.54, 1.807) is 17.4 Å². The van der Waals surface area contributed by atoms with E-state index >= 15 is 0 Å². The van der Waals surface area contributed by atoms with Crippen LogP contribution in [0.3, 0.4) is 0 Å². The van der Waals surface area contributed by atoms with Crippen LogP contribution in [-0.4, -0.2) is 20.5 Å². The molecule has 1 N–H and O–H groups in total. The van der Waals surface area contributed by atoms with Crippen molar-refractivity contribution in [1.82, 2.24) is 9.38 Å². The van der Waals surface area contributed by atoms with Crippen molar-refractivity contribution in [3.05, 3.63) is 77.8 Å². The SMILES string of the molecule is O=C(O)/C=C/c1c(-c2ccccc2)nc2scc(-c3ccccc3)n12. The van der Waals surface area contributed by atoms with Gasteiger partial charge in [-0.15, -0.1) is 11.3 Å². The Morgan fingerprint density at radius 3 is 2.28 bits per heavy atom. The van der Waals surface area contributed by atoms with Crippen LogP contribution in [0.5, 0.6) is 0 Å². The van der Waals surface area contributed by atoms with Gasteiger partial charge in [-0.05, 0) is 11.6 Å². The van der Waals surface area contributed by atoms with E-state index in [1.165, 1.54) is 0 Å². The summed E-state index contributed by atoms with van der Waals surface area (Å²) in [5, 5.41) is 11.1. The van der Waals surface area contributed by atoms with E-state index in [2.05, 4.69) is 0 Å². The van der Waals surface area contributed by atoms with Gasteiger partial charge < -0.3 is 5.11 Å². The zero-order valence-corrected chi connectivity index (χ0v) is 14.0. The van der Waals surface area contributed by atoms with E-state index in [9.17, 15) is 4.79 Å². The number of benzene rings is 2. The summed E-state index contributed by atoms with van der Waals surface area (Å²) in [4.78, 5) is 16.6. The molecule has 4 nitrogen and oxygen atoms in total. The number of aliphatic carboxylic acids is 1. The average molecular weight is 346 g/mol. The van der Waals surface area contributed by atoms with E-state index in [1.807, 2.05) is 70.4 Å². The Kier molecular flexibility index (Phi) is 3.91. The summed E-state index contributed by atoms with van der Waals surface area (Å²) in [6.45, 7) is 0. The lowest BCUT2D eigenvalue weighted by Crippen LogP contribution is -1.92. The molecule has 0 radical (unpaired) electrons. The molecule has 0 bridgehead atoms. The normalized spacial score (nSPS) is 11.4. The fourth-order valence-corrected chi connectivity index (χ4v) is 3.71.